The van der Waals surface area contributed by atoms with Gasteiger partial charge in [0.2, 0.25) is 0 Å². The fourth-order valence-corrected chi connectivity index (χ4v) is 2.59. The van der Waals surface area contributed by atoms with E-state index in [9.17, 15) is 19.7 Å². The van der Waals surface area contributed by atoms with E-state index in [1.54, 1.807) is 18.2 Å². The van der Waals surface area contributed by atoms with Gasteiger partial charge in [-0.15, -0.1) is 0 Å². The summed E-state index contributed by atoms with van der Waals surface area (Å²) in [5.74, 6) is -1.34. The average molecular weight is 400 g/mol. The van der Waals surface area contributed by atoms with Crippen molar-refractivity contribution in [3.8, 4) is 5.69 Å². The normalized spacial score (nSPS) is 10.3. The van der Waals surface area contributed by atoms with Gasteiger partial charge in [-0.2, -0.15) is 0 Å². The van der Waals surface area contributed by atoms with Crippen molar-refractivity contribution in [2.24, 2.45) is 0 Å². The van der Waals surface area contributed by atoms with Crippen LogP contribution in [0.1, 0.15) is 10.4 Å². The Kier molecular flexibility index (Phi) is 5.71. The fourth-order valence-electron chi connectivity index (χ4n) is 2.42. The SMILES string of the molecule is O=C(COC(=O)c1cccc(-n2cccc2)c1)Nc1cc([N+](=O)[O-])ccc1Cl. The number of non-ortho nitro benzene ring substituents is 1. The molecule has 1 heterocycles. The summed E-state index contributed by atoms with van der Waals surface area (Å²) in [6.45, 7) is -0.564. The summed E-state index contributed by atoms with van der Waals surface area (Å²) in [7, 11) is 0. The minimum Gasteiger partial charge on any atom is -0.452 e. The lowest BCUT2D eigenvalue weighted by atomic mass is 10.2. The van der Waals surface area contributed by atoms with E-state index in [1.165, 1.54) is 12.1 Å². The number of benzene rings is 2. The molecule has 3 aromatic rings. The molecule has 0 radical (unpaired) electrons. The summed E-state index contributed by atoms with van der Waals surface area (Å²) >= 11 is 5.92. The molecule has 1 aromatic heterocycles. The van der Waals surface area contributed by atoms with Crippen molar-refractivity contribution in [3.05, 3.63) is 87.7 Å². The van der Waals surface area contributed by atoms with Crippen LogP contribution in [0.5, 0.6) is 0 Å². The number of carbonyl (C=O) groups is 2. The molecule has 142 valence electrons. The van der Waals surface area contributed by atoms with Gasteiger partial charge in [-0.1, -0.05) is 17.7 Å². The third kappa shape index (κ3) is 4.54. The third-order valence-corrected chi connectivity index (χ3v) is 4.08. The Morgan fingerprint density at radius 1 is 1.11 bits per heavy atom. The van der Waals surface area contributed by atoms with Crippen LogP contribution in [-0.2, 0) is 9.53 Å². The first-order chi connectivity index (χ1) is 13.4. The second-order valence-corrected chi connectivity index (χ2v) is 6.09. The molecule has 0 spiro atoms. The van der Waals surface area contributed by atoms with E-state index < -0.39 is 23.4 Å². The van der Waals surface area contributed by atoms with Gasteiger partial charge in [-0.05, 0) is 36.4 Å². The molecule has 0 unspecified atom stereocenters. The number of ether oxygens (including phenoxy) is 1. The van der Waals surface area contributed by atoms with Gasteiger partial charge in [0.25, 0.3) is 11.6 Å². The van der Waals surface area contributed by atoms with Crippen LogP contribution >= 0.6 is 11.6 Å². The van der Waals surface area contributed by atoms with Crippen molar-refractivity contribution in [1.29, 1.82) is 0 Å². The van der Waals surface area contributed by atoms with E-state index in [1.807, 2.05) is 35.2 Å². The predicted octanol–water partition coefficient (Wildman–Crippen LogP) is 3.83. The van der Waals surface area contributed by atoms with Crippen molar-refractivity contribution < 1.29 is 19.2 Å². The maximum absolute atomic E-state index is 12.2. The average Bonchev–Trinajstić information content (AvgIpc) is 3.22. The molecule has 8 nitrogen and oxygen atoms in total. The number of nitrogens with zero attached hydrogens (tertiary/aromatic N) is 2. The van der Waals surface area contributed by atoms with Gasteiger partial charge in [0.05, 0.1) is 21.2 Å². The topological polar surface area (TPSA) is 103 Å². The molecule has 3 rings (SSSR count). The number of rotatable bonds is 6. The molecule has 0 aliphatic rings. The van der Waals surface area contributed by atoms with Crippen LogP contribution in [0.2, 0.25) is 5.02 Å². The number of anilines is 1. The molecule has 0 saturated heterocycles. The molecular weight excluding hydrogens is 386 g/mol. The molecular formula is C19H14ClN3O5. The van der Waals surface area contributed by atoms with E-state index in [0.717, 1.165) is 11.8 Å². The van der Waals surface area contributed by atoms with Crippen LogP contribution in [0.3, 0.4) is 0 Å². The lowest BCUT2D eigenvalue weighted by Crippen LogP contribution is -2.21. The maximum Gasteiger partial charge on any atom is 0.338 e. The molecule has 2 aromatic carbocycles. The zero-order valence-electron chi connectivity index (χ0n) is 14.4. The first kappa shape index (κ1) is 19.1. The molecule has 0 atom stereocenters. The third-order valence-electron chi connectivity index (χ3n) is 3.75. The quantitative estimate of drug-likeness (QED) is 0.385. The van der Waals surface area contributed by atoms with Gasteiger partial charge in [-0.25, -0.2) is 4.79 Å². The molecule has 28 heavy (non-hydrogen) atoms. The molecule has 0 saturated carbocycles. The number of amides is 1. The predicted molar refractivity (Wildman–Crippen MR) is 103 cm³/mol. The minimum absolute atomic E-state index is 0.0616. The summed E-state index contributed by atoms with van der Waals surface area (Å²) in [5, 5.41) is 13.3. The number of nitro groups is 1. The lowest BCUT2D eigenvalue weighted by molar-refractivity contribution is -0.384. The van der Waals surface area contributed by atoms with Crippen LogP contribution in [0.4, 0.5) is 11.4 Å². The summed E-state index contributed by atoms with van der Waals surface area (Å²) in [4.78, 5) is 34.4. The fraction of sp³-hybridized carbons (Fsp3) is 0.0526. The summed E-state index contributed by atoms with van der Waals surface area (Å²) in [6.07, 6.45) is 3.67. The van der Waals surface area contributed by atoms with Crippen molar-refractivity contribution >= 4 is 34.9 Å². The number of hydrogen-bond acceptors (Lipinski definition) is 5. The first-order valence-electron chi connectivity index (χ1n) is 8.08. The van der Waals surface area contributed by atoms with Crippen LogP contribution < -0.4 is 5.32 Å². The van der Waals surface area contributed by atoms with Crippen LogP contribution in [0, 0.1) is 10.1 Å². The Hall–Kier alpha value is -3.65. The molecule has 0 bridgehead atoms. The highest BCUT2D eigenvalue weighted by Crippen LogP contribution is 2.26. The maximum atomic E-state index is 12.2. The van der Waals surface area contributed by atoms with Crippen LogP contribution in [0.15, 0.2) is 67.0 Å². The Bertz CT molecular complexity index is 1030. The summed E-state index contributed by atoms with van der Waals surface area (Å²) in [5.41, 5.74) is 0.893. The van der Waals surface area contributed by atoms with Crippen LogP contribution in [0.25, 0.3) is 5.69 Å². The van der Waals surface area contributed by atoms with Crippen molar-refractivity contribution in [1.82, 2.24) is 4.57 Å². The van der Waals surface area contributed by atoms with Crippen molar-refractivity contribution in [2.45, 2.75) is 0 Å². The van der Waals surface area contributed by atoms with Crippen molar-refractivity contribution in [3.63, 3.8) is 0 Å². The smallest absolute Gasteiger partial charge is 0.338 e. The van der Waals surface area contributed by atoms with E-state index in [4.69, 9.17) is 16.3 Å². The van der Waals surface area contributed by atoms with Crippen LogP contribution in [-0.4, -0.2) is 28.0 Å². The second-order valence-electron chi connectivity index (χ2n) is 5.69. The number of halogens is 1. The number of hydrogen-bond donors (Lipinski definition) is 1. The monoisotopic (exact) mass is 399 g/mol. The number of nitro benzene ring substituents is 1. The molecule has 0 aliphatic carbocycles. The highest BCUT2D eigenvalue weighted by molar-refractivity contribution is 6.33. The molecule has 0 aliphatic heterocycles. The molecule has 1 N–H and O–H groups in total. The van der Waals surface area contributed by atoms with Gasteiger partial charge in [0.1, 0.15) is 0 Å². The molecule has 9 heteroatoms. The number of carbonyl (C=O) groups excluding carboxylic acids is 2. The Morgan fingerprint density at radius 2 is 1.86 bits per heavy atom. The Labute approximate surface area is 164 Å². The highest BCUT2D eigenvalue weighted by Gasteiger charge is 2.14. The van der Waals surface area contributed by atoms with E-state index in [0.29, 0.717) is 0 Å². The minimum atomic E-state index is -0.672. The highest BCUT2D eigenvalue weighted by atomic mass is 35.5. The van der Waals surface area contributed by atoms with Gasteiger partial charge in [-0.3, -0.25) is 14.9 Å². The van der Waals surface area contributed by atoms with E-state index in [2.05, 4.69) is 5.32 Å². The summed E-state index contributed by atoms with van der Waals surface area (Å²) < 4.78 is 6.84. The van der Waals surface area contributed by atoms with Gasteiger partial charge < -0.3 is 14.6 Å². The largest absolute Gasteiger partial charge is 0.452 e. The first-order valence-corrected chi connectivity index (χ1v) is 8.46. The Morgan fingerprint density at radius 3 is 2.57 bits per heavy atom. The van der Waals surface area contributed by atoms with Gasteiger partial charge in [0, 0.05) is 30.2 Å². The van der Waals surface area contributed by atoms with Gasteiger partial charge >= 0.3 is 5.97 Å². The second kappa shape index (κ2) is 8.36. The number of aromatic nitrogens is 1. The zero-order chi connectivity index (χ0) is 20.1. The van der Waals surface area contributed by atoms with Gasteiger partial charge in [0.15, 0.2) is 6.61 Å². The van der Waals surface area contributed by atoms with E-state index in [-0.39, 0.29) is 22.0 Å². The summed E-state index contributed by atoms with van der Waals surface area (Å²) in [6, 6.07) is 14.1. The number of nitrogens with one attached hydrogen (secondary N) is 1. The zero-order valence-corrected chi connectivity index (χ0v) is 15.1. The van der Waals surface area contributed by atoms with Crippen molar-refractivity contribution in [2.75, 3.05) is 11.9 Å². The number of esters is 1. The molecule has 0 fully saturated rings. The lowest BCUT2D eigenvalue weighted by Gasteiger charge is -2.09. The molecule has 1 amide bonds. The van der Waals surface area contributed by atoms with E-state index >= 15 is 0 Å². The standard InChI is InChI=1S/C19H14ClN3O5/c20-16-7-6-15(23(26)27)11-17(16)21-18(24)12-28-19(25)13-4-3-5-14(10-13)22-8-1-2-9-22/h1-11H,12H2,(H,21,24). The Balaban J connectivity index is 1.62.